The van der Waals surface area contributed by atoms with Crippen molar-refractivity contribution in [1.82, 2.24) is 9.79 Å². The van der Waals surface area contributed by atoms with E-state index in [9.17, 15) is 18.0 Å². The minimum absolute atomic E-state index is 0.0129. The summed E-state index contributed by atoms with van der Waals surface area (Å²) in [6.07, 6.45) is -1.22. The second kappa shape index (κ2) is 9.24. The lowest BCUT2D eigenvalue weighted by Gasteiger charge is -2.32. The molecule has 0 aliphatic rings. The zero-order chi connectivity index (χ0) is 21.7. The van der Waals surface area contributed by atoms with Crippen LogP contribution in [0, 0.1) is 5.92 Å². The smallest absolute Gasteiger partial charge is 0.425 e. The molecule has 0 spiro atoms. The van der Waals surface area contributed by atoms with Crippen LogP contribution in [-0.4, -0.2) is 48.7 Å². The molecule has 0 bridgehead atoms. The van der Waals surface area contributed by atoms with Crippen LogP contribution in [0.5, 0.6) is 5.75 Å². The van der Waals surface area contributed by atoms with Crippen molar-refractivity contribution in [2.24, 2.45) is 5.92 Å². The standard InChI is InChI=1S/C18H28N2O7S/c1-12(2)11-15(16(21)19-23)20(17(22)27-18(3,4)5)28(24,25)14-9-7-13(26-6)8-10-14/h7-10,12,15,23H,11H2,1-6H3,(H,19,21). The van der Waals surface area contributed by atoms with Gasteiger partial charge in [-0.1, -0.05) is 13.8 Å². The second-order valence-electron chi connectivity index (χ2n) is 7.58. The molecule has 0 heterocycles. The van der Waals surface area contributed by atoms with Gasteiger partial charge in [-0.3, -0.25) is 10.0 Å². The first kappa shape index (κ1) is 23.7. The van der Waals surface area contributed by atoms with Gasteiger partial charge in [0.15, 0.2) is 0 Å². The second-order valence-corrected chi connectivity index (χ2v) is 9.39. The molecular formula is C18H28N2O7S. The summed E-state index contributed by atoms with van der Waals surface area (Å²) in [5.41, 5.74) is 0.440. The molecule has 10 heteroatoms. The fourth-order valence-electron chi connectivity index (χ4n) is 2.39. The number of amides is 2. The Kier molecular flexibility index (Phi) is 7.83. The van der Waals surface area contributed by atoms with Crippen LogP contribution in [0.2, 0.25) is 0 Å². The monoisotopic (exact) mass is 416 g/mol. The lowest BCUT2D eigenvalue weighted by molar-refractivity contribution is -0.133. The number of sulfonamides is 1. The van der Waals surface area contributed by atoms with Crippen LogP contribution < -0.4 is 10.2 Å². The molecular weight excluding hydrogens is 388 g/mol. The number of hydroxylamine groups is 1. The molecule has 0 saturated heterocycles. The molecule has 1 rings (SSSR count). The average Bonchev–Trinajstić information content (AvgIpc) is 2.58. The third-order valence-corrected chi connectivity index (χ3v) is 5.37. The fourth-order valence-corrected chi connectivity index (χ4v) is 3.85. The van der Waals surface area contributed by atoms with E-state index in [1.807, 2.05) is 0 Å². The number of hydrogen-bond donors (Lipinski definition) is 2. The molecule has 9 nitrogen and oxygen atoms in total. The fraction of sp³-hybridized carbons (Fsp3) is 0.556. The topological polar surface area (TPSA) is 122 Å². The summed E-state index contributed by atoms with van der Waals surface area (Å²) in [6, 6.07) is 3.86. The molecule has 1 atom stereocenters. The molecule has 0 fully saturated rings. The van der Waals surface area contributed by atoms with Crippen LogP contribution in [-0.2, 0) is 19.6 Å². The molecule has 1 aromatic rings. The van der Waals surface area contributed by atoms with Gasteiger partial charge in [-0.2, -0.15) is 4.31 Å². The van der Waals surface area contributed by atoms with Gasteiger partial charge in [0, 0.05) is 0 Å². The van der Waals surface area contributed by atoms with Crippen molar-refractivity contribution >= 4 is 22.0 Å². The van der Waals surface area contributed by atoms with Crippen LogP contribution in [0.1, 0.15) is 41.0 Å². The third-order valence-electron chi connectivity index (χ3n) is 3.58. The van der Waals surface area contributed by atoms with Crippen LogP contribution >= 0.6 is 0 Å². The van der Waals surface area contributed by atoms with Crippen molar-refractivity contribution in [2.45, 2.75) is 57.6 Å². The maximum Gasteiger partial charge on any atom is 0.425 e. The van der Waals surface area contributed by atoms with Crippen molar-refractivity contribution in [3.8, 4) is 5.75 Å². The number of ether oxygens (including phenoxy) is 2. The summed E-state index contributed by atoms with van der Waals surface area (Å²) in [5.74, 6) is -0.760. The maximum absolute atomic E-state index is 13.2. The van der Waals surface area contributed by atoms with Gasteiger partial charge < -0.3 is 9.47 Å². The normalized spacial score (nSPS) is 13.0. The van der Waals surface area contributed by atoms with Crippen LogP contribution in [0.15, 0.2) is 29.2 Å². The number of carbonyl (C=O) groups excluding carboxylic acids is 2. The summed E-state index contributed by atoms with van der Waals surface area (Å²) in [4.78, 5) is 24.8. The number of benzene rings is 1. The van der Waals surface area contributed by atoms with Crippen molar-refractivity contribution in [3.05, 3.63) is 24.3 Å². The van der Waals surface area contributed by atoms with E-state index >= 15 is 0 Å². The Morgan fingerprint density at radius 1 is 1.18 bits per heavy atom. The van der Waals surface area contributed by atoms with E-state index in [4.69, 9.17) is 14.7 Å². The molecule has 0 aliphatic heterocycles. The minimum Gasteiger partial charge on any atom is -0.497 e. The highest BCUT2D eigenvalue weighted by Crippen LogP contribution is 2.26. The van der Waals surface area contributed by atoms with Crippen molar-refractivity contribution < 1.29 is 32.7 Å². The Bertz CT molecular complexity index is 783. The van der Waals surface area contributed by atoms with E-state index in [-0.39, 0.29) is 17.2 Å². The molecule has 0 aromatic heterocycles. The zero-order valence-electron chi connectivity index (χ0n) is 16.9. The summed E-state index contributed by atoms with van der Waals surface area (Å²) in [5, 5.41) is 9.10. The van der Waals surface area contributed by atoms with Gasteiger partial charge in [0.2, 0.25) is 0 Å². The first-order chi connectivity index (χ1) is 12.8. The largest absolute Gasteiger partial charge is 0.497 e. The Hall–Kier alpha value is -2.33. The minimum atomic E-state index is -4.47. The molecule has 0 aliphatic carbocycles. The number of methoxy groups -OCH3 is 1. The quantitative estimate of drug-likeness (QED) is 0.517. The van der Waals surface area contributed by atoms with E-state index < -0.39 is 33.7 Å². The van der Waals surface area contributed by atoms with E-state index in [2.05, 4.69) is 0 Å². The van der Waals surface area contributed by atoms with Crippen LogP contribution in [0.3, 0.4) is 0 Å². The van der Waals surface area contributed by atoms with Gasteiger partial charge in [0.05, 0.1) is 12.0 Å². The average molecular weight is 416 g/mol. The van der Waals surface area contributed by atoms with Crippen molar-refractivity contribution in [2.75, 3.05) is 7.11 Å². The predicted octanol–water partition coefficient (Wildman–Crippen LogP) is 2.54. The number of carbonyl (C=O) groups is 2. The van der Waals surface area contributed by atoms with Gasteiger partial charge >= 0.3 is 6.09 Å². The van der Waals surface area contributed by atoms with Gasteiger partial charge in [-0.05, 0) is 57.4 Å². The van der Waals surface area contributed by atoms with E-state index in [0.717, 1.165) is 0 Å². The number of rotatable bonds is 7. The molecule has 1 unspecified atom stereocenters. The van der Waals surface area contributed by atoms with Crippen LogP contribution in [0.4, 0.5) is 4.79 Å². The highest BCUT2D eigenvalue weighted by atomic mass is 32.2. The first-order valence-electron chi connectivity index (χ1n) is 8.69. The first-order valence-corrected chi connectivity index (χ1v) is 10.1. The highest BCUT2D eigenvalue weighted by Gasteiger charge is 2.42. The maximum atomic E-state index is 13.2. The number of nitrogens with one attached hydrogen (secondary N) is 1. The number of nitrogens with zero attached hydrogens (tertiary/aromatic N) is 1. The van der Waals surface area contributed by atoms with E-state index in [1.54, 1.807) is 34.6 Å². The zero-order valence-corrected chi connectivity index (χ0v) is 17.7. The molecule has 2 N–H and O–H groups in total. The van der Waals surface area contributed by atoms with E-state index in [1.165, 1.54) is 36.9 Å². The Labute approximate surface area is 165 Å². The Morgan fingerprint density at radius 2 is 1.71 bits per heavy atom. The lowest BCUT2D eigenvalue weighted by atomic mass is 10.0. The van der Waals surface area contributed by atoms with Gasteiger partial charge in [-0.25, -0.2) is 18.7 Å². The number of hydrogen-bond acceptors (Lipinski definition) is 7. The summed E-state index contributed by atoms with van der Waals surface area (Å²) < 4.78 is 37.1. The molecule has 2 amide bonds. The van der Waals surface area contributed by atoms with Crippen molar-refractivity contribution in [1.29, 1.82) is 0 Å². The molecule has 0 radical (unpaired) electrons. The van der Waals surface area contributed by atoms with Crippen LogP contribution in [0.25, 0.3) is 0 Å². The SMILES string of the molecule is COc1ccc(S(=O)(=O)N(C(=O)OC(C)(C)C)C(CC(C)C)C(=O)NO)cc1. The Morgan fingerprint density at radius 3 is 2.11 bits per heavy atom. The lowest BCUT2D eigenvalue weighted by Crippen LogP contribution is -2.53. The van der Waals surface area contributed by atoms with Gasteiger partial charge in [0.1, 0.15) is 17.4 Å². The summed E-state index contributed by atoms with van der Waals surface area (Å²) in [7, 11) is -3.04. The summed E-state index contributed by atoms with van der Waals surface area (Å²) >= 11 is 0. The summed E-state index contributed by atoms with van der Waals surface area (Å²) in [6.45, 7) is 8.24. The Balaban J connectivity index is 3.53. The molecule has 1 aromatic carbocycles. The van der Waals surface area contributed by atoms with Crippen molar-refractivity contribution in [3.63, 3.8) is 0 Å². The highest BCUT2D eigenvalue weighted by molar-refractivity contribution is 7.89. The van der Waals surface area contributed by atoms with Gasteiger partial charge in [0.25, 0.3) is 15.9 Å². The third kappa shape index (κ3) is 6.10. The predicted molar refractivity (Wildman–Crippen MR) is 101 cm³/mol. The molecule has 0 saturated carbocycles. The molecule has 158 valence electrons. The van der Waals surface area contributed by atoms with Gasteiger partial charge in [-0.15, -0.1) is 0 Å². The molecule has 28 heavy (non-hydrogen) atoms. The van der Waals surface area contributed by atoms with E-state index in [0.29, 0.717) is 10.1 Å².